The third kappa shape index (κ3) is 2.38. The lowest BCUT2D eigenvalue weighted by molar-refractivity contribution is 1.01. The molecule has 0 aliphatic carbocycles. The molecule has 1 N–H and O–H groups in total. The summed E-state index contributed by atoms with van der Waals surface area (Å²) in [5.74, 6) is 0.843. The fourth-order valence-electron chi connectivity index (χ4n) is 2.02. The number of benzene rings is 1. The highest BCUT2D eigenvalue weighted by atomic mass is 15.0. The van der Waals surface area contributed by atoms with E-state index in [9.17, 15) is 0 Å². The van der Waals surface area contributed by atoms with E-state index in [2.05, 4.69) is 33.3 Å². The van der Waals surface area contributed by atoms with Crippen molar-refractivity contribution in [2.75, 3.05) is 5.32 Å². The summed E-state index contributed by atoms with van der Waals surface area (Å²) in [6.07, 6.45) is 3.39. The van der Waals surface area contributed by atoms with Crippen molar-refractivity contribution >= 4 is 16.7 Å². The molecular weight excluding hydrogens is 236 g/mol. The quantitative estimate of drug-likeness (QED) is 0.776. The molecule has 0 atom stereocenters. The standard InChI is InChI=1S/C15H14N4/c1-11-5-4-8-16-14(11)9-17-15-12-6-2-3-7-13(12)18-10-19-15/h2-8,10H,9H2,1H3,(H,17,18,19). The van der Waals surface area contributed by atoms with Gasteiger partial charge in [0.25, 0.3) is 0 Å². The van der Waals surface area contributed by atoms with Gasteiger partial charge >= 0.3 is 0 Å². The Morgan fingerprint density at radius 3 is 2.79 bits per heavy atom. The summed E-state index contributed by atoms with van der Waals surface area (Å²) in [5.41, 5.74) is 3.15. The van der Waals surface area contributed by atoms with Crippen molar-refractivity contribution in [3.05, 3.63) is 60.2 Å². The maximum atomic E-state index is 4.37. The maximum absolute atomic E-state index is 4.37. The Balaban J connectivity index is 1.88. The molecule has 0 fully saturated rings. The zero-order valence-corrected chi connectivity index (χ0v) is 10.7. The minimum absolute atomic E-state index is 0.660. The van der Waals surface area contributed by atoms with Crippen LogP contribution in [0.25, 0.3) is 10.9 Å². The van der Waals surface area contributed by atoms with Crippen LogP contribution >= 0.6 is 0 Å². The summed E-state index contributed by atoms with van der Waals surface area (Å²) in [4.78, 5) is 12.9. The first-order valence-electron chi connectivity index (χ1n) is 6.19. The molecular formula is C15H14N4. The summed E-state index contributed by atoms with van der Waals surface area (Å²) in [5, 5.41) is 4.36. The minimum Gasteiger partial charge on any atom is -0.364 e. The Morgan fingerprint density at radius 1 is 1.00 bits per heavy atom. The SMILES string of the molecule is Cc1cccnc1CNc1ncnc2ccccc12. The van der Waals surface area contributed by atoms with Crippen LogP contribution in [0.1, 0.15) is 11.3 Å². The number of para-hydroxylation sites is 1. The summed E-state index contributed by atoms with van der Waals surface area (Å²) in [6.45, 7) is 2.72. The molecule has 1 aromatic carbocycles. The summed E-state index contributed by atoms with van der Waals surface area (Å²) < 4.78 is 0. The van der Waals surface area contributed by atoms with Gasteiger partial charge in [-0.2, -0.15) is 0 Å². The highest BCUT2D eigenvalue weighted by molar-refractivity contribution is 5.88. The molecule has 3 rings (SSSR count). The third-order valence-electron chi connectivity index (χ3n) is 3.08. The van der Waals surface area contributed by atoms with Gasteiger partial charge < -0.3 is 5.32 Å². The molecule has 0 spiro atoms. The number of nitrogens with zero attached hydrogens (tertiary/aromatic N) is 3. The highest BCUT2D eigenvalue weighted by Crippen LogP contribution is 2.19. The van der Waals surface area contributed by atoms with Crippen LogP contribution in [0.15, 0.2) is 48.9 Å². The van der Waals surface area contributed by atoms with Crippen LogP contribution in [0, 0.1) is 6.92 Å². The first-order valence-corrected chi connectivity index (χ1v) is 6.19. The fourth-order valence-corrected chi connectivity index (χ4v) is 2.02. The molecule has 2 aromatic heterocycles. The van der Waals surface area contributed by atoms with E-state index in [1.165, 1.54) is 5.56 Å². The Hall–Kier alpha value is -2.49. The van der Waals surface area contributed by atoms with Crippen molar-refractivity contribution < 1.29 is 0 Å². The van der Waals surface area contributed by atoms with Crippen LogP contribution in [0.2, 0.25) is 0 Å². The zero-order chi connectivity index (χ0) is 13.1. The van der Waals surface area contributed by atoms with E-state index < -0.39 is 0 Å². The van der Waals surface area contributed by atoms with Gasteiger partial charge in [0.15, 0.2) is 0 Å². The van der Waals surface area contributed by atoms with Gasteiger partial charge in [-0.15, -0.1) is 0 Å². The average Bonchev–Trinajstić information content (AvgIpc) is 2.46. The van der Waals surface area contributed by atoms with Crippen LogP contribution in [-0.2, 0) is 6.54 Å². The van der Waals surface area contributed by atoms with Gasteiger partial charge in [-0.3, -0.25) is 4.98 Å². The fraction of sp³-hybridized carbons (Fsp3) is 0.133. The molecule has 4 heteroatoms. The molecule has 3 aromatic rings. The summed E-state index contributed by atoms with van der Waals surface area (Å²) in [6, 6.07) is 12.0. The number of anilines is 1. The monoisotopic (exact) mass is 250 g/mol. The molecule has 0 saturated heterocycles. The largest absolute Gasteiger partial charge is 0.364 e. The molecule has 94 valence electrons. The van der Waals surface area contributed by atoms with Crippen LogP contribution in [0.4, 0.5) is 5.82 Å². The van der Waals surface area contributed by atoms with Crippen molar-refractivity contribution in [2.45, 2.75) is 13.5 Å². The Bertz CT molecular complexity index is 704. The minimum atomic E-state index is 0.660. The van der Waals surface area contributed by atoms with Crippen LogP contribution < -0.4 is 5.32 Å². The van der Waals surface area contributed by atoms with Crippen molar-refractivity contribution in [1.82, 2.24) is 15.0 Å². The average molecular weight is 250 g/mol. The second-order valence-electron chi connectivity index (χ2n) is 4.36. The number of nitrogens with one attached hydrogen (secondary N) is 1. The number of aryl methyl sites for hydroxylation is 1. The van der Waals surface area contributed by atoms with E-state index in [0.29, 0.717) is 6.54 Å². The van der Waals surface area contributed by atoms with E-state index >= 15 is 0 Å². The Labute approximate surface area is 111 Å². The molecule has 0 aliphatic rings. The first kappa shape index (κ1) is 11.6. The van der Waals surface area contributed by atoms with Crippen LogP contribution in [0.3, 0.4) is 0 Å². The third-order valence-corrected chi connectivity index (χ3v) is 3.08. The van der Waals surface area contributed by atoms with Crippen LogP contribution in [-0.4, -0.2) is 15.0 Å². The number of aromatic nitrogens is 3. The topological polar surface area (TPSA) is 50.7 Å². The van der Waals surface area contributed by atoms with E-state index in [-0.39, 0.29) is 0 Å². The lowest BCUT2D eigenvalue weighted by Gasteiger charge is -2.09. The molecule has 0 aliphatic heterocycles. The predicted molar refractivity (Wildman–Crippen MR) is 75.8 cm³/mol. The van der Waals surface area contributed by atoms with Gasteiger partial charge in [0.2, 0.25) is 0 Å². The number of hydrogen-bond donors (Lipinski definition) is 1. The van der Waals surface area contributed by atoms with Crippen molar-refractivity contribution in [3.63, 3.8) is 0 Å². The molecule has 0 radical (unpaired) electrons. The number of pyridine rings is 1. The van der Waals surface area contributed by atoms with Gasteiger partial charge in [-0.05, 0) is 30.7 Å². The predicted octanol–water partition coefficient (Wildman–Crippen LogP) is 2.95. The molecule has 0 unspecified atom stereocenters. The first-order chi connectivity index (χ1) is 9.34. The Kier molecular flexibility index (Phi) is 3.06. The normalized spacial score (nSPS) is 10.6. The zero-order valence-electron chi connectivity index (χ0n) is 10.7. The second-order valence-corrected chi connectivity index (χ2v) is 4.36. The molecule has 0 bridgehead atoms. The lowest BCUT2D eigenvalue weighted by Crippen LogP contribution is -2.05. The molecule has 0 amide bonds. The van der Waals surface area contributed by atoms with Gasteiger partial charge in [0.05, 0.1) is 17.8 Å². The molecule has 19 heavy (non-hydrogen) atoms. The number of rotatable bonds is 3. The molecule has 2 heterocycles. The van der Waals surface area contributed by atoms with E-state index in [1.807, 2.05) is 36.5 Å². The molecule has 0 saturated carbocycles. The smallest absolute Gasteiger partial charge is 0.137 e. The van der Waals surface area contributed by atoms with E-state index in [4.69, 9.17) is 0 Å². The Morgan fingerprint density at radius 2 is 1.89 bits per heavy atom. The molecule has 4 nitrogen and oxygen atoms in total. The van der Waals surface area contributed by atoms with Gasteiger partial charge in [-0.25, -0.2) is 9.97 Å². The number of fused-ring (bicyclic) bond motifs is 1. The van der Waals surface area contributed by atoms with Gasteiger partial charge in [0, 0.05) is 11.6 Å². The van der Waals surface area contributed by atoms with Gasteiger partial charge in [-0.1, -0.05) is 18.2 Å². The number of hydrogen-bond acceptors (Lipinski definition) is 4. The maximum Gasteiger partial charge on any atom is 0.137 e. The highest BCUT2D eigenvalue weighted by Gasteiger charge is 2.04. The second kappa shape index (κ2) is 5.02. The van der Waals surface area contributed by atoms with E-state index in [1.54, 1.807) is 6.33 Å². The lowest BCUT2D eigenvalue weighted by atomic mass is 10.2. The summed E-state index contributed by atoms with van der Waals surface area (Å²) >= 11 is 0. The van der Waals surface area contributed by atoms with Crippen LogP contribution in [0.5, 0.6) is 0 Å². The van der Waals surface area contributed by atoms with Gasteiger partial charge in [0.1, 0.15) is 12.1 Å². The van der Waals surface area contributed by atoms with Crippen molar-refractivity contribution in [1.29, 1.82) is 0 Å². The van der Waals surface area contributed by atoms with E-state index in [0.717, 1.165) is 22.4 Å². The van der Waals surface area contributed by atoms with Crippen molar-refractivity contribution in [2.24, 2.45) is 0 Å². The summed E-state index contributed by atoms with van der Waals surface area (Å²) in [7, 11) is 0. The van der Waals surface area contributed by atoms with Crippen molar-refractivity contribution in [3.8, 4) is 0 Å².